The van der Waals surface area contributed by atoms with Crippen molar-refractivity contribution < 1.29 is 14.7 Å². The molecule has 0 radical (unpaired) electrons. The number of hydrogen-bond acceptors (Lipinski definition) is 4. The summed E-state index contributed by atoms with van der Waals surface area (Å²) in [4.78, 5) is 28.0. The van der Waals surface area contributed by atoms with Crippen molar-refractivity contribution in [3.63, 3.8) is 0 Å². The van der Waals surface area contributed by atoms with Crippen molar-refractivity contribution in [1.82, 2.24) is 0 Å². The summed E-state index contributed by atoms with van der Waals surface area (Å²) in [6.07, 6.45) is 0. The fourth-order valence-electron chi connectivity index (χ4n) is 3.17. The molecule has 0 aliphatic carbocycles. The van der Waals surface area contributed by atoms with E-state index in [0.717, 1.165) is 22.3 Å². The molecule has 27 heavy (non-hydrogen) atoms. The third-order valence-corrected chi connectivity index (χ3v) is 5.73. The predicted molar refractivity (Wildman–Crippen MR) is 111 cm³/mol. The Kier molecular flexibility index (Phi) is 5.75. The van der Waals surface area contributed by atoms with E-state index in [0.29, 0.717) is 26.9 Å². The van der Waals surface area contributed by atoms with Crippen LogP contribution >= 0.6 is 23.4 Å². The number of nitrogens with zero attached hydrogens (tertiary/aromatic N) is 1. The quantitative estimate of drug-likeness (QED) is 0.760. The third kappa shape index (κ3) is 3.68. The maximum absolute atomic E-state index is 13.3. The van der Waals surface area contributed by atoms with Crippen LogP contribution in [0.15, 0.2) is 41.3 Å². The molecule has 0 unspecified atom stereocenters. The van der Waals surface area contributed by atoms with E-state index in [9.17, 15) is 14.7 Å². The number of aryl methyl sites for hydroxylation is 3. The highest BCUT2D eigenvalue weighted by Gasteiger charge is 2.41. The van der Waals surface area contributed by atoms with Crippen LogP contribution in [0.2, 0.25) is 5.02 Å². The number of anilines is 1. The zero-order valence-corrected chi connectivity index (χ0v) is 16.9. The van der Waals surface area contributed by atoms with E-state index in [1.807, 2.05) is 39.0 Å². The van der Waals surface area contributed by atoms with Gasteiger partial charge in [0.25, 0.3) is 11.8 Å². The van der Waals surface area contributed by atoms with E-state index >= 15 is 0 Å². The Bertz CT molecular complexity index is 968. The van der Waals surface area contributed by atoms with Crippen LogP contribution in [0.4, 0.5) is 5.69 Å². The smallest absolute Gasteiger partial charge is 0.272 e. The second kappa shape index (κ2) is 7.89. The van der Waals surface area contributed by atoms with Gasteiger partial charge in [0.2, 0.25) is 0 Å². The predicted octanol–water partition coefficient (Wildman–Crippen LogP) is 4.28. The number of aliphatic hydroxyl groups is 1. The van der Waals surface area contributed by atoms with Gasteiger partial charge < -0.3 is 5.11 Å². The van der Waals surface area contributed by atoms with Crippen molar-refractivity contribution in [3.8, 4) is 0 Å². The normalized spacial score (nSPS) is 14.5. The van der Waals surface area contributed by atoms with Crippen molar-refractivity contribution >= 4 is 46.4 Å². The molecule has 4 nitrogen and oxygen atoms in total. The molecule has 3 rings (SSSR count). The van der Waals surface area contributed by atoms with Gasteiger partial charge in [-0.15, -0.1) is 11.8 Å². The van der Waals surface area contributed by atoms with Crippen molar-refractivity contribution in [3.05, 3.63) is 68.6 Å². The van der Waals surface area contributed by atoms with Crippen LogP contribution in [0.3, 0.4) is 0 Å². The SMILES string of the molecule is Cc1ccc(C2=C(SCCO)C(=O)N(c3cc(Cl)ccc3C)C2=O)c(C)c1. The number of hydrogen-bond donors (Lipinski definition) is 1. The Hall–Kier alpha value is -2.08. The first kappa shape index (κ1) is 19.7. The second-order valence-electron chi connectivity index (χ2n) is 6.47. The van der Waals surface area contributed by atoms with Crippen molar-refractivity contribution in [2.75, 3.05) is 17.3 Å². The average molecular weight is 402 g/mol. The molecule has 0 saturated carbocycles. The summed E-state index contributed by atoms with van der Waals surface area (Å²) < 4.78 is 0. The highest BCUT2D eigenvalue weighted by Crippen LogP contribution is 2.40. The number of carbonyl (C=O) groups is 2. The van der Waals surface area contributed by atoms with Gasteiger partial charge in [-0.3, -0.25) is 9.59 Å². The van der Waals surface area contributed by atoms with Gasteiger partial charge in [-0.2, -0.15) is 0 Å². The lowest BCUT2D eigenvalue weighted by Crippen LogP contribution is -2.32. The lowest BCUT2D eigenvalue weighted by atomic mass is 9.98. The van der Waals surface area contributed by atoms with Crippen LogP contribution in [-0.4, -0.2) is 29.3 Å². The Balaban J connectivity index is 2.16. The van der Waals surface area contributed by atoms with Crippen molar-refractivity contribution in [1.29, 1.82) is 0 Å². The van der Waals surface area contributed by atoms with Gasteiger partial charge in [-0.1, -0.05) is 41.4 Å². The lowest BCUT2D eigenvalue weighted by molar-refractivity contribution is -0.119. The largest absolute Gasteiger partial charge is 0.396 e. The molecule has 0 aromatic heterocycles. The number of carbonyl (C=O) groups excluding carboxylic acids is 2. The molecule has 1 heterocycles. The number of imide groups is 1. The van der Waals surface area contributed by atoms with Gasteiger partial charge in [0, 0.05) is 10.8 Å². The number of benzene rings is 2. The van der Waals surface area contributed by atoms with Crippen LogP contribution in [0, 0.1) is 20.8 Å². The minimum absolute atomic E-state index is 0.0774. The van der Waals surface area contributed by atoms with Crippen LogP contribution in [0.1, 0.15) is 22.3 Å². The molecule has 0 bridgehead atoms. The number of rotatable bonds is 5. The van der Waals surface area contributed by atoms with Crippen LogP contribution in [-0.2, 0) is 9.59 Å². The number of aliphatic hydroxyl groups excluding tert-OH is 1. The van der Waals surface area contributed by atoms with Crippen molar-refractivity contribution in [2.24, 2.45) is 0 Å². The molecule has 0 spiro atoms. The molecule has 1 aliphatic heterocycles. The van der Waals surface area contributed by atoms with Gasteiger partial charge in [-0.05, 0) is 49.6 Å². The van der Waals surface area contributed by atoms with Crippen LogP contribution in [0.5, 0.6) is 0 Å². The van der Waals surface area contributed by atoms with Crippen LogP contribution < -0.4 is 4.90 Å². The molecule has 0 atom stereocenters. The fourth-order valence-corrected chi connectivity index (χ4v) is 4.18. The summed E-state index contributed by atoms with van der Waals surface area (Å²) >= 11 is 7.31. The van der Waals surface area contributed by atoms with Gasteiger partial charge in [-0.25, -0.2) is 4.90 Å². The summed E-state index contributed by atoms with van der Waals surface area (Å²) in [5.41, 5.74) is 4.41. The number of halogens is 1. The van der Waals surface area contributed by atoms with E-state index in [1.165, 1.54) is 16.7 Å². The standard InChI is InChI=1S/C21H20ClNO3S/c1-12-4-7-16(14(3)10-12)18-19(27-9-8-24)21(26)23(20(18)25)17-11-15(22)6-5-13(17)2/h4-7,10-11,24H,8-9H2,1-3H3. The molecule has 140 valence electrons. The van der Waals surface area contributed by atoms with Crippen molar-refractivity contribution in [2.45, 2.75) is 20.8 Å². The monoisotopic (exact) mass is 401 g/mol. The second-order valence-corrected chi connectivity index (χ2v) is 8.01. The number of amides is 2. The molecule has 0 saturated heterocycles. The van der Waals surface area contributed by atoms with E-state index in [4.69, 9.17) is 11.6 Å². The molecule has 1 aliphatic rings. The van der Waals surface area contributed by atoms with Gasteiger partial charge in [0.05, 0.1) is 22.8 Å². The highest BCUT2D eigenvalue weighted by atomic mass is 35.5. The molecular formula is C21H20ClNO3S. The minimum atomic E-state index is -0.376. The van der Waals surface area contributed by atoms with Gasteiger partial charge >= 0.3 is 0 Å². The molecule has 6 heteroatoms. The van der Waals surface area contributed by atoms with Gasteiger partial charge in [0.1, 0.15) is 0 Å². The van der Waals surface area contributed by atoms with E-state index in [-0.39, 0.29) is 18.4 Å². The number of thioether (sulfide) groups is 1. The molecule has 2 aromatic rings. The first-order valence-electron chi connectivity index (χ1n) is 8.55. The molecule has 2 aromatic carbocycles. The Labute approximate surface area is 167 Å². The zero-order valence-electron chi connectivity index (χ0n) is 15.4. The summed E-state index contributed by atoms with van der Waals surface area (Å²) in [5, 5.41) is 9.68. The average Bonchev–Trinajstić information content (AvgIpc) is 2.85. The summed E-state index contributed by atoms with van der Waals surface area (Å²) in [5.74, 6) is -0.401. The van der Waals surface area contributed by atoms with Crippen LogP contribution in [0.25, 0.3) is 5.57 Å². The lowest BCUT2D eigenvalue weighted by Gasteiger charge is -2.18. The zero-order chi connectivity index (χ0) is 19.7. The minimum Gasteiger partial charge on any atom is -0.396 e. The molecule has 2 amide bonds. The highest BCUT2D eigenvalue weighted by molar-refractivity contribution is 8.04. The molecule has 0 fully saturated rings. The summed E-state index contributed by atoms with van der Waals surface area (Å²) in [6.45, 7) is 5.67. The summed E-state index contributed by atoms with van der Waals surface area (Å²) in [6, 6.07) is 10.9. The van der Waals surface area contributed by atoms with E-state index < -0.39 is 0 Å². The molecule has 1 N–H and O–H groups in total. The van der Waals surface area contributed by atoms with Gasteiger partial charge in [0.15, 0.2) is 0 Å². The Morgan fingerprint density at radius 1 is 1.00 bits per heavy atom. The molecular weight excluding hydrogens is 382 g/mol. The summed E-state index contributed by atoms with van der Waals surface area (Å²) in [7, 11) is 0. The first-order chi connectivity index (χ1) is 12.8. The third-order valence-electron chi connectivity index (χ3n) is 4.44. The fraction of sp³-hybridized carbons (Fsp3) is 0.238. The topological polar surface area (TPSA) is 57.6 Å². The maximum Gasteiger partial charge on any atom is 0.272 e. The Morgan fingerprint density at radius 3 is 2.41 bits per heavy atom. The maximum atomic E-state index is 13.3. The Morgan fingerprint density at radius 2 is 1.74 bits per heavy atom. The van der Waals surface area contributed by atoms with E-state index in [2.05, 4.69) is 0 Å². The van der Waals surface area contributed by atoms with E-state index in [1.54, 1.807) is 18.2 Å². The first-order valence-corrected chi connectivity index (χ1v) is 9.92.